The Bertz CT molecular complexity index is 247. The van der Waals surface area contributed by atoms with Crippen molar-refractivity contribution in [2.24, 2.45) is 5.73 Å². The third-order valence-corrected chi connectivity index (χ3v) is 2.52. The predicted molar refractivity (Wildman–Crippen MR) is 45.9 cm³/mol. The first kappa shape index (κ1) is 10.8. The lowest BCUT2D eigenvalue weighted by Gasteiger charge is -2.42. The monoisotopic (exact) mass is 219 g/mol. The van der Waals surface area contributed by atoms with Gasteiger partial charge in [-0.15, -0.1) is 0 Å². The fraction of sp³-hybridized carbons (Fsp3) is 0.875. The zero-order valence-electron chi connectivity index (χ0n) is 8.00. The molecule has 2 saturated heterocycles. The van der Waals surface area contributed by atoms with Crippen LogP contribution in [0.5, 0.6) is 0 Å². The van der Waals surface area contributed by atoms with Gasteiger partial charge >= 0.3 is 5.97 Å². The van der Waals surface area contributed by atoms with Crippen molar-refractivity contribution in [3.8, 4) is 0 Å². The molecule has 0 spiro atoms. The molecule has 2 fully saturated rings. The summed E-state index contributed by atoms with van der Waals surface area (Å²) in [5.74, 6) is -1.06. The van der Waals surface area contributed by atoms with Crippen LogP contribution < -0.4 is 5.73 Å². The second-order valence-corrected chi connectivity index (χ2v) is 3.36. The number of carboxylic acid groups (broad SMARTS) is 1. The summed E-state index contributed by atoms with van der Waals surface area (Å²) in [6, 6.07) is 0. The van der Waals surface area contributed by atoms with Gasteiger partial charge < -0.3 is 29.8 Å². The van der Waals surface area contributed by atoms with Crippen LogP contribution in [0.25, 0.3) is 0 Å². The third kappa shape index (κ3) is 1.97. The molecule has 3 N–H and O–H groups in total. The molecule has 0 bridgehead atoms. The summed E-state index contributed by atoms with van der Waals surface area (Å²) in [4.78, 5) is 10.9. The van der Waals surface area contributed by atoms with Crippen LogP contribution in [0.15, 0.2) is 0 Å². The van der Waals surface area contributed by atoms with Crippen LogP contribution >= 0.6 is 0 Å². The number of hydrogen-bond donors (Lipinski definition) is 2. The lowest BCUT2D eigenvalue weighted by molar-refractivity contribution is -0.317. The van der Waals surface area contributed by atoms with E-state index < -0.39 is 24.3 Å². The second-order valence-electron chi connectivity index (χ2n) is 3.36. The summed E-state index contributed by atoms with van der Waals surface area (Å²) >= 11 is 0. The Balaban J connectivity index is 2.11. The van der Waals surface area contributed by atoms with Crippen LogP contribution in [0, 0.1) is 0 Å². The Morgan fingerprint density at radius 3 is 2.53 bits per heavy atom. The van der Waals surface area contributed by atoms with Gasteiger partial charge in [0.2, 0.25) is 0 Å². The summed E-state index contributed by atoms with van der Waals surface area (Å²) in [6.45, 7) is 0.192. The van der Waals surface area contributed by atoms with Crippen molar-refractivity contribution < 1.29 is 28.8 Å². The SMILES string of the molecule is NC[C@H]1OCO[C@@H]2[C@H]1OCO[C@H]2C(=O)O. The summed E-state index contributed by atoms with van der Waals surface area (Å²) in [7, 11) is 0. The molecule has 0 aromatic heterocycles. The quantitative estimate of drug-likeness (QED) is 0.583. The van der Waals surface area contributed by atoms with Crippen molar-refractivity contribution in [2.75, 3.05) is 20.1 Å². The van der Waals surface area contributed by atoms with Crippen molar-refractivity contribution in [1.82, 2.24) is 0 Å². The minimum Gasteiger partial charge on any atom is -0.479 e. The average molecular weight is 219 g/mol. The molecule has 0 aromatic rings. The van der Waals surface area contributed by atoms with E-state index in [1.807, 2.05) is 0 Å². The van der Waals surface area contributed by atoms with E-state index in [0.717, 1.165) is 0 Å². The van der Waals surface area contributed by atoms with Gasteiger partial charge in [-0.1, -0.05) is 0 Å². The van der Waals surface area contributed by atoms with Crippen molar-refractivity contribution >= 4 is 5.97 Å². The molecule has 0 amide bonds. The summed E-state index contributed by atoms with van der Waals surface area (Å²) in [5.41, 5.74) is 5.48. The van der Waals surface area contributed by atoms with Crippen molar-refractivity contribution in [1.29, 1.82) is 0 Å². The van der Waals surface area contributed by atoms with Crippen LogP contribution in [0.4, 0.5) is 0 Å². The Kier molecular flexibility index (Phi) is 3.17. The van der Waals surface area contributed by atoms with Crippen LogP contribution in [0.1, 0.15) is 0 Å². The minimum absolute atomic E-state index is 0.0134. The maximum Gasteiger partial charge on any atom is 0.335 e. The largest absolute Gasteiger partial charge is 0.479 e. The zero-order valence-corrected chi connectivity index (χ0v) is 8.00. The Morgan fingerprint density at radius 1 is 1.20 bits per heavy atom. The van der Waals surface area contributed by atoms with Gasteiger partial charge in [0.05, 0.1) is 0 Å². The lowest BCUT2D eigenvalue weighted by Crippen LogP contribution is -2.60. The predicted octanol–water partition coefficient (Wildman–Crippen LogP) is -1.49. The number of hydrogen-bond acceptors (Lipinski definition) is 6. The summed E-state index contributed by atoms with van der Waals surface area (Å²) < 4.78 is 20.6. The first-order valence-corrected chi connectivity index (χ1v) is 4.63. The first-order chi connectivity index (χ1) is 7.24. The molecule has 0 aromatic carbocycles. The van der Waals surface area contributed by atoms with E-state index in [2.05, 4.69) is 0 Å². The fourth-order valence-corrected chi connectivity index (χ4v) is 1.77. The molecular weight excluding hydrogens is 206 g/mol. The molecule has 0 radical (unpaired) electrons. The number of nitrogens with two attached hydrogens (primary N) is 1. The highest BCUT2D eigenvalue weighted by Crippen LogP contribution is 2.25. The molecule has 7 nitrogen and oxygen atoms in total. The molecule has 0 saturated carbocycles. The fourth-order valence-electron chi connectivity index (χ4n) is 1.77. The standard InChI is InChI=1S/C8H13NO6/c9-1-4-5-6(14-2-12-4)7(8(10)11)15-3-13-5/h4-7H,1-3,9H2,(H,10,11)/t4-,5+,6-,7-/m1/s1. The van der Waals surface area contributed by atoms with Gasteiger partial charge in [0, 0.05) is 6.54 Å². The number of fused-ring (bicyclic) bond motifs is 1. The van der Waals surface area contributed by atoms with E-state index in [1.54, 1.807) is 0 Å². The van der Waals surface area contributed by atoms with Crippen molar-refractivity contribution in [3.63, 3.8) is 0 Å². The zero-order chi connectivity index (χ0) is 10.8. The number of carbonyl (C=O) groups is 1. The van der Waals surface area contributed by atoms with E-state index in [0.29, 0.717) is 0 Å². The third-order valence-electron chi connectivity index (χ3n) is 2.52. The van der Waals surface area contributed by atoms with Gasteiger partial charge in [0.15, 0.2) is 6.10 Å². The Hall–Kier alpha value is -0.730. The molecule has 2 aliphatic heterocycles. The topological polar surface area (TPSA) is 100 Å². The van der Waals surface area contributed by atoms with Gasteiger partial charge in [0.25, 0.3) is 0 Å². The molecule has 15 heavy (non-hydrogen) atoms. The molecule has 4 atom stereocenters. The first-order valence-electron chi connectivity index (χ1n) is 4.63. The van der Waals surface area contributed by atoms with Crippen LogP contribution in [0.3, 0.4) is 0 Å². The number of aliphatic carboxylic acids is 1. The minimum atomic E-state index is -1.06. The summed E-state index contributed by atoms with van der Waals surface area (Å²) in [5, 5.41) is 8.90. The second kappa shape index (κ2) is 4.42. The van der Waals surface area contributed by atoms with Gasteiger partial charge in [-0.05, 0) is 0 Å². The van der Waals surface area contributed by atoms with E-state index in [9.17, 15) is 4.79 Å². The van der Waals surface area contributed by atoms with Gasteiger partial charge in [0.1, 0.15) is 31.9 Å². The highest BCUT2D eigenvalue weighted by molar-refractivity contribution is 5.73. The molecule has 7 heteroatoms. The van der Waals surface area contributed by atoms with E-state index >= 15 is 0 Å². The molecule has 2 heterocycles. The number of carboxylic acids is 1. The van der Waals surface area contributed by atoms with Crippen molar-refractivity contribution in [2.45, 2.75) is 24.4 Å². The molecular formula is C8H13NO6. The molecule has 0 unspecified atom stereocenters. The van der Waals surface area contributed by atoms with Crippen LogP contribution in [-0.4, -0.2) is 55.6 Å². The maximum atomic E-state index is 10.9. The number of rotatable bonds is 2. The Labute approximate surface area is 86.0 Å². The number of ether oxygens (including phenoxy) is 4. The Morgan fingerprint density at radius 2 is 1.87 bits per heavy atom. The highest BCUT2D eigenvalue weighted by Gasteiger charge is 2.46. The average Bonchev–Trinajstić information content (AvgIpc) is 2.27. The van der Waals surface area contributed by atoms with E-state index in [1.165, 1.54) is 0 Å². The maximum absolute atomic E-state index is 10.9. The highest BCUT2D eigenvalue weighted by atomic mass is 16.8. The van der Waals surface area contributed by atoms with Gasteiger partial charge in [-0.2, -0.15) is 0 Å². The normalized spacial score (nSPS) is 40.9. The van der Waals surface area contributed by atoms with Gasteiger partial charge in [-0.3, -0.25) is 0 Å². The lowest BCUT2D eigenvalue weighted by atomic mass is 10.0. The summed E-state index contributed by atoms with van der Waals surface area (Å²) in [6.07, 6.45) is -2.48. The molecule has 0 aliphatic carbocycles. The van der Waals surface area contributed by atoms with Crippen LogP contribution in [-0.2, 0) is 23.7 Å². The van der Waals surface area contributed by atoms with Crippen LogP contribution in [0.2, 0.25) is 0 Å². The molecule has 86 valence electrons. The molecule has 2 rings (SSSR count). The smallest absolute Gasteiger partial charge is 0.335 e. The van der Waals surface area contributed by atoms with Gasteiger partial charge in [-0.25, -0.2) is 4.79 Å². The van der Waals surface area contributed by atoms with Crippen molar-refractivity contribution in [3.05, 3.63) is 0 Å². The molecule has 2 aliphatic rings. The van der Waals surface area contributed by atoms with E-state index in [4.69, 9.17) is 29.8 Å². The van der Waals surface area contributed by atoms with E-state index in [-0.39, 0.29) is 26.2 Å².